The van der Waals surface area contributed by atoms with Crippen molar-refractivity contribution in [1.82, 2.24) is 14.7 Å². The maximum absolute atomic E-state index is 12.5. The average Bonchev–Trinajstić information content (AvgIpc) is 3.00. The minimum Gasteiger partial charge on any atom is -0.444 e. The van der Waals surface area contributed by atoms with Crippen molar-refractivity contribution in [1.29, 1.82) is 0 Å². The Balaban J connectivity index is 2.30. The van der Waals surface area contributed by atoms with E-state index < -0.39 is 5.60 Å². The molecule has 0 bridgehead atoms. The zero-order valence-electron chi connectivity index (χ0n) is 16.3. The molecule has 1 aromatic rings. The molecule has 1 aliphatic heterocycles. The lowest BCUT2D eigenvalue weighted by atomic mass is 9.97. The van der Waals surface area contributed by atoms with Crippen molar-refractivity contribution in [2.75, 3.05) is 26.3 Å². The Labute approximate surface area is 150 Å². The highest BCUT2D eigenvalue weighted by Crippen LogP contribution is 2.29. The van der Waals surface area contributed by atoms with Crippen LogP contribution in [0.4, 0.5) is 4.79 Å². The van der Waals surface area contributed by atoms with Gasteiger partial charge in [0.05, 0.1) is 18.8 Å². The van der Waals surface area contributed by atoms with Gasteiger partial charge in [-0.1, -0.05) is 0 Å². The van der Waals surface area contributed by atoms with E-state index in [1.807, 2.05) is 44.6 Å². The third-order valence-electron chi connectivity index (χ3n) is 4.06. The average molecular weight is 349 g/mol. The van der Waals surface area contributed by atoms with E-state index in [-0.39, 0.29) is 12.1 Å². The largest absolute Gasteiger partial charge is 0.444 e. The number of ether oxygens (including phenoxy) is 2. The molecule has 1 aliphatic rings. The van der Waals surface area contributed by atoms with E-state index in [1.54, 1.807) is 4.90 Å². The van der Waals surface area contributed by atoms with E-state index in [2.05, 4.69) is 18.9 Å². The van der Waals surface area contributed by atoms with Gasteiger partial charge in [0.2, 0.25) is 0 Å². The molecule has 0 radical (unpaired) electrons. The number of hydrogen-bond acceptors (Lipinski definition) is 4. The first-order chi connectivity index (χ1) is 11.7. The quantitative estimate of drug-likeness (QED) is 0.809. The SMILES string of the molecule is CCOCC1=C(c2ccnn2C(C)C)CN(C(=O)OC(C)(C)C)CC1. The molecule has 6 nitrogen and oxygen atoms in total. The Morgan fingerprint density at radius 3 is 2.68 bits per heavy atom. The number of carbonyl (C=O) groups is 1. The van der Waals surface area contributed by atoms with Crippen LogP contribution < -0.4 is 0 Å². The Bertz CT molecular complexity index is 626. The molecular weight excluding hydrogens is 318 g/mol. The third kappa shape index (κ3) is 5.08. The van der Waals surface area contributed by atoms with E-state index in [9.17, 15) is 4.79 Å². The molecule has 2 heterocycles. The monoisotopic (exact) mass is 349 g/mol. The lowest BCUT2D eigenvalue weighted by Gasteiger charge is -2.33. The molecule has 0 saturated heterocycles. The normalized spacial score (nSPS) is 15.9. The van der Waals surface area contributed by atoms with Crippen molar-refractivity contribution < 1.29 is 14.3 Å². The van der Waals surface area contributed by atoms with Crippen molar-refractivity contribution in [2.24, 2.45) is 0 Å². The first-order valence-electron chi connectivity index (χ1n) is 9.03. The first-order valence-corrected chi connectivity index (χ1v) is 9.03. The van der Waals surface area contributed by atoms with Gasteiger partial charge >= 0.3 is 6.09 Å². The molecule has 1 aromatic heterocycles. The second-order valence-electron chi connectivity index (χ2n) is 7.63. The van der Waals surface area contributed by atoms with Crippen molar-refractivity contribution in [3.05, 3.63) is 23.5 Å². The summed E-state index contributed by atoms with van der Waals surface area (Å²) in [4.78, 5) is 14.3. The number of carbonyl (C=O) groups excluding carboxylic acids is 1. The van der Waals surface area contributed by atoms with Crippen molar-refractivity contribution in [3.8, 4) is 0 Å². The Morgan fingerprint density at radius 2 is 2.08 bits per heavy atom. The molecule has 0 aromatic carbocycles. The fourth-order valence-electron chi connectivity index (χ4n) is 2.90. The van der Waals surface area contributed by atoms with Gasteiger partial charge in [-0.25, -0.2) is 4.79 Å². The van der Waals surface area contributed by atoms with Crippen molar-refractivity contribution in [2.45, 2.75) is 59.6 Å². The van der Waals surface area contributed by atoms with Gasteiger partial charge in [0, 0.05) is 25.4 Å². The highest BCUT2D eigenvalue weighted by molar-refractivity contribution is 5.76. The van der Waals surface area contributed by atoms with E-state index in [4.69, 9.17) is 9.47 Å². The minimum absolute atomic E-state index is 0.253. The predicted octanol–water partition coefficient (Wildman–Crippen LogP) is 3.89. The summed E-state index contributed by atoms with van der Waals surface area (Å²) in [5.41, 5.74) is 2.92. The summed E-state index contributed by atoms with van der Waals surface area (Å²) in [6.45, 7) is 14.3. The van der Waals surface area contributed by atoms with Gasteiger partial charge < -0.3 is 14.4 Å². The Morgan fingerprint density at radius 1 is 1.36 bits per heavy atom. The van der Waals surface area contributed by atoms with Crippen LogP contribution in [0.25, 0.3) is 5.57 Å². The summed E-state index contributed by atoms with van der Waals surface area (Å²) in [6.07, 6.45) is 2.33. The van der Waals surface area contributed by atoms with Gasteiger partial charge in [-0.05, 0) is 65.2 Å². The molecule has 1 amide bonds. The van der Waals surface area contributed by atoms with Gasteiger partial charge in [0.25, 0.3) is 0 Å². The van der Waals surface area contributed by atoms with Crippen LogP contribution in [0, 0.1) is 0 Å². The third-order valence-corrected chi connectivity index (χ3v) is 4.06. The van der Waals surface area contributed by atoms with E-state index in [0.717, 1.165) is 17.7 Å². The molecule has 2 rings (SSSR count). The lowest BCUT2D eigenvalue weighted by molar-refractivity contribution is 0.0266. The molecule has 0 aliphatic carbocycles. The summed E-state index contributed by atoms with van der Waals surface area (Å²) >= 11 is 0. The van der Waals surface area contributed by atoms with E-state index in [1.165, 1.54) is 5.57 Å². The summed E-state index contributed by atoms with van der Waals surface area (Å²) < 4.78 is 13.2. The summed E-state index contributed by atoms with van der Waals surface area (Å²) in [5.74, 6) is 0. The highest BCUT2D eigenvalue weighted by Gasteiger charge is 2.29. The van der Waals surface area contributed by atoms with E-state index >= 15 is 0 Å². The molecule has 0 fully saturated rings. The molecule has 0 unspecified atom stereocenters. The van der Waals surface area contributed by atoms with Gasteiger partial charge in [-0.15, -0.1) is 0 Å². The Kier molecular flexibility index (Phi) is 6.27. The van der Waals surface area contributed by atoms with Crippen LogP contribution in [-0.4, -0.2) is 52.7 Å². The molecular formula is C19H31N3O3. The maximum Gasteiger partial charge on any atom is 0.410 e. The zero-order valence-corrected chi connectivity index (χ0v) is 16.3. The van der Waals surface area contributed by atoms with Crippen molar-refractivity contribution in [3.63, 3.8) is 0 Å². The van der Waals surface area contributed by atoms with Crippen LogP contribution in [0.15, 0.2) is 17.8 Å². The fraction of sp³-hybridized carbons (Fsp3) is 0.684. The van der Waals surface area contributed by atoms with Crippen LogP contribution in [0.1, 0.15) is 59.7 Å². The van der Waals surface area contributed by atoms with Crippen LogP contribution in [0.2, 0.25) is 0 Å². The van der Waals surface area contributed by atoms with Gasteiger partial charge in [0.1, 0.15) is 5.60 Å². The smallest absolute Gasteiger partial charge is 0.410 e. The van der Waals surface area contributed by atoms with Crippen LogP contribution in [0.5, 0.6) is 0 Å². The molecule has 6 heteroatoms. The van der Waals surface area contributed by atoms with Crippen LogP contribution in [-0.2, 0) is 9.47 Å². The molecule has 25 heavy (non-hydrogen) atoms. The highest BCUT2D eigenvalue weighted by atomic mass is 16.6. The van der Waals surface area contributed by atoms with Gasteiger partial charge in [0.15, 0.2) is 0 Å². The molecule has 0 atom stereocenters. The summed E-state index contributed by atoms with van der Waals surface area (Å²) in [7, 11) is 0. The zero-order chi connectivity index (χ0) is 18.6. The van der Waals surface area contributed by atoms with Gasteiger partial charge in [-0.2, -0.15) is 5.10 Å². The van der Waals surface area contributed by atoms with E-state index in [0.29, 0.717) is 26.3 Å². The standard InChI is InChI=1S/C19H31N3O3/c1-7-24-13-15-9-11-21(18(23)25-19(4,5)6)12-16(15)17-8-10-20-22(17)14(2)3/h8,10,14H,7,9,11-13H2,1-6H3. The summed E-state index contributed by atoms with van der Waals surface area (Å²) in [5, 5.41) is 4.44. The second kappa shape index (κ2) is 8.04. The lowest BCUT2D eigenvalue weighted by Crippen LogP contribution is -2.41. The first kappa shape index (κ1) is 19.5. The topological polar surface area (TPSA) is 56.6 Å². The predicted molar refractivity (Wildman–Crippen MR) is 98.4 cm³/mol. The number of hydrogen-bond donors (Lipinski definition) is 0. The minimum atomic E-state index is -0.494. The molecule has 0 saturated carbocycles. The van der Waals surface area contributed by atoms with Crippen LogP contribution >= 0.6 is 0 Å². The van der Waals surface area contributed by atoms with Gasteiger partial charge in [-0.3, -0.25) is 4.68 Å². The Hall–Kier alpha value is -1.82. The van der Waals surface area contributed by atoms with Crippen LogP contribution in [0.3, 0.4) is 0 Å². The second-order valence-corrected chi connectivity index (χ2v) is 7.63. The maximum atomic E-state index is 12.5. The number of nitrogens with zero attached hydrogens (tertiary/aromatic N) is 3. The number of rotatable bonds is 5. The summed E-state index contributed by atoms with van der Waals surface area (Å²) in [6, 6.07) is 2.27. The molecule has 140 valence electrons. The fourth-order valence-corrected chi connectivity index (χ4v) is 2.90. The number of amides is 1. The molecule has 0 N–H and O–H groups in total. The molecule has 0 spiro atoms. The van der Waals surface area contributed by atoms with Crippen molar-refractivity contribution >= 4 is 11.7 Å². The number of aromatic nitrogens is 2.